The van der Waals surface area contributed by atoms with Crippen LogP contribution in [0.2, 0.25) is 5.25 Å². The molecule has 0 amide bonds. The molecule has 0 aliphatic heterocycles. The molecule has 0 unspecified atom stereocenters. The predicted octanol–water partition coefficient (Wildman–Crippen LogP) is 3.69. The van der Waals surface area contributed by atoms with Gasteiger partial charge in [0.05, 0.1) is 0 Å². The Morgan fingerprint density at radius 2 is 1.50 bits per heavy atom. The van der Waals surface area contributed by atoms with Crippen LogP contribution in [0.3, 0.4) is 0 Å². The third-order valence-corrected chi connectivity index (χ3v) is 4.80. The molecule has 86 valence electrons. The summed E-state index contributed by atoms with van der Waals surface area (Å²) in [7, 11) is 11.0. The van der Waals surface area contributed by atoms with Gasteiger partial charge in [0.1, 0.15) is 0 Å². The Hall–Kier alpha value is 0.472. The van der Waals surface area contributed by atoms with Crippen molar-refractivity contribution < 1.29 is 26.4 Å². The van der Waals surface area contributed by atoms with Crippen LogP contribution < -0.4 is 0 Å². The van der Waals surface area contributed by atoms with E-state index in [9.17, 15) is 0 Å². The van der Waals surface area contributed by atoms with Gasteiger partial charge in [0, 0.05) is 0 Å². The molecule has 2 radical (unpaired) electrons. The summed E-state index contributed by atoms with van der Waals surface area (Å²) in [6.07, 6.45) is 1.14. The van der Waals surface area contributed by atoms with Crippen LogP contribution in [0.15, 0.2) is 30.3 Å². The van der Waals surface area contributed by atoms with Crippen molar-refractivity contribution in [1.29, 1.82) is 0 Å². The van der Waals surface area contributed by atoms with Gasteiger partial charge in [-0.2, -0.15) is 18.2 Å². The molecule has 0 atom stereocenters. The summed E-state index contributed by atoms with van der Waals surface area (Å²) >= 11 is -1.44. The third kappa shape index (κ3) is 36.6. The molecule has 1 aromatic rings. The molecule has 0 saturated carbocycles. The molecule has 6 heteroatoms. The molecule has 0 heterocycles. The normalized spacial score (nSPS) is 6.50. The van der Waals surface area contributed by atoms with Crippen molar-refractivity contribution in [2.75, 3.05) is 0 Å². The first-order valence-electron chi connectivity index (χ1n) is 4.01. The Bertz CT molecular complexity index is 190. The van der Waals surface area contributed by atoms with Crippen LogP contribution in [0.25, 0.3) is 0 Å². The van der Waals surface area contributed by atoms with Crippen molar-refractivity contribution in [3.8, 4) is 0 Å². The first kappa shape index (κ1) is 25.3. The van der Waals surface area contributed by atoms with Gasteiger partial charge >= 0.3 is 90.8 Å². The summed E-state index contributed by atoms with van der Waals surface area (Å²) in [5, 5.41) is 1.07. The van der Waals surface area contributed by atoms with Gasteiger partial charge in [-0.15, -0.1) is 0 Å². The summed E-state index contributed by atoms with van der Waals surface area (Å²) in [6.45, 7) is 11.1. The first-order valence-corrected chi connectivity index (χ1v) is 11.0. The second-order valence-electron chi connectivity index (χ2n) is 2.05. The Morgan fingerprint density at radius 3 is 1.56 bits per heavy atom. The number of halogens is 2. The van der Waals surface area contributed by atoms with Crippen LogP contribution in [-0.2, 0) is 26.4 Å². The topological polar surface area (TPSA) is 39.8 Å². The van der Waals surface area contributed by atoms with E-state index in [2.05, 4.69) is 20.2 Å². The molecule has 0 aromatic heterocycles. The van der Waals surface area contributed by atoms with E-state index in [-0.39, 0.29) is 17.1 Å². The van der Waals surface area contributed by atoms with E-state index in [1.165, 1.54) is 0 Å². The second kappa shape index (κ2) is 29.5. The molecule has 0 spiro atoms. The zero-order valence-electron chi connectivity index (χ0n) is 8.73. The standard InChI is InChI=1S/C5H5.C3H7Cl2Ge.2CO.Fe/c1-2-4-5-3-1;1-2-3-6(4)5;2*1-2;/h1-5H;2-3H2,1H3;;;/q-1;;;;+5. The molecule has 0 aliphatic carbocycles. The molecule has 0 aliphatic rings. The van der Waals surface area contributed by atoms with Gasteiger partial charge in [-0.3, -0.25) is 0 Å². The van der Waals surface area contributed by atoms with Gasteiger partial charge < -0.3 is 0 Å². The van der Waals surface area contributed by atoms with Crippen molar-refractivity contribution in [1.82, 2.24) is 0 Å². The van der Waals surface area contributed by atoms with Crippen molar-refractivity contribution in [3.63, 3.8) is 0 Å². The molecule has 0 bridgehead atoms. The molecule has 0 fully saturated rings. The smallest absolute Gasteiger partial charge is 0.214 e. The van der Waals surface area contributed by atoms with Crippen molar-refractivity contribution in [2.24, 2.45) is 0 Å². The third-order valence-electron chi connectivity index (χ3n) is 0.995. The van der Waals surface area contributed by atoms with Crippen molar-refractivity contribution in [2.45, 2.75) is 18.6 Å². The minimum absolute atomic E-state index is 0. The molecular weight excluding hydrogens is 351 g/mol. The number of hydrogen-bond acceptors (Lipinski definition) is 0. The van der Waals surface area contributed by atoms with E-state index in [1.54, 1.807) is 0 Å². The summed E-state index contributed by atoms with van der Waals surface area (Å²) in [6, 6.07) is 10.0. The summed E-state index contributed by atoms with van der Waals surface area (Å²) < 4.78 is 15.0. The zero-order valence-corrected chi connectivity index (χ0v) is 13.4. The van der Waals surface area contributed by atoms with E-state index in [4.69, 9.17) is 29.3 Å². The maximum atomic E-state index is 7.50. The largest absolute Gasteiger partial charge is 5.00 e. The quantitative estimate of drug-likeness (QED) is 0.437. The van der Waals surface area contributed by atoms with Crippen molar-refractivity contribution >= 4 is 32.5 Å². The second-order valence-corrected chi connectivity index (χ2v) is 10.3. The molecule has 1 rings (SSSR count). The average molecular weight is 364 g/mol. The molecule has 1 aromatic carbocycles. The van der Waals surface area contributed by atoms with Gasteiger partial charge in [0.15, 0.2) is 0 Å². The molecule has 0 saturated heterocycles. The molecule has 16 heavy (non-hydrogen) atoms. The van der Waals surface area contributed by atoms with Crippen LogP contribution in [0.1, 0.15) is 13.3 Å². The van der Waals surface area contributed by atoms with Gasteiger partial charge in [-0.05, 0) is 0 Å². The number of rotatable bonds is 2. The molecular formula is C10H12Cl2FeGeO2+4. The van der Waals surface area contributed by atoms with Crippen LogP contribution in [0, 0.1) is 13.3 Å². The SMILES string of the molecule is CC[CH2][Ge]([Cl])[Cl].[C-]#[O+].[C-]#[O+].[Fe+5].c1cc[cH-]c1. The minimum Gasteiger partial charge on any atom is -0.214 e. The Kier molecular flexibility index (Phi) is 46.8. The number of hydrogen-bond donors (Lipinski definition) is 0. The van der Waals surface area contributed by atoms with E-state index in [1.807, 2.05) is 30.3 Å². The van der Waals surface area contributed by atoms with Gasteiger partial charge in [0.25, 0.3) is 0 Å². The van der Waals surface area contributed by atoms with Crippen LogP contribution in [0.4, 0.5) is 0 Å². The average Bonchev–Trinajstić information content (AvgIpc) is 2.82. The Balaban J connectivity index is -0.0000000658. The van der Waals surface area contributed by atoms with Gasteiger partial charge in [-0.25, -0.2) is 12.1 Å². The van der Waals surface area contributed by atoms with Crippen LogP contribution >= 0.6 is 20.0 Å². The van der Waals surface area contributed by atoms with Crippen LogP contribution in [-0.4, -0.2) is 12.5 Å². The Labute approximate surface area is 120 Å². The summed E-state index contributed by atoms with van der Waals surface area (Å²) in [5.41, 5.74) is 0. The zero-order chi connectivity index (χ0) is 12.5. The minimum atomic E-state index is -1.44. The van der Waals surface area contributed by atoms with E-state index in [0.29, 0.717) is 0 Å². The molecule has 0 N–H and O–H groups in total. The Morgan fingerprint density at radius 1 is 1.12 bits per heavy atom. The monoisotopic (exact) mass is 364 g/mol. The fourth-order valence-corrected chi connectivity index (χ4v) is 3.27. The molecule has 2 nitrogen and oxygen atoms in total. The maximum Gasteiger partial charge on any atom is 5.00 e. The fourth-order valence-electron chi connectivity index (χ4n) is 0.510. The van der Waals surface area contributed by atoms with Gasteiger partial charge in [0.2, 0.25) is 0 Å². The van der Waals surface area contributed by atoms with Gasteiger partial charge in [-0.1, -0.05) is 0 Å². The summed E-state index contributed by atoms with van der Waals surface area (Å²) in [4.78, 5) is 0. The fraction of sp³-hybridized carbons (Fsp3) is 0.300. The first-order chi connectivity index (χ1) is 7.27. The predicted molar refractivity (Wildman–Crippen MR) is 62.5 cm³/mol. The van der Waals surface area contributed by atoms with E-state index in [0.717, 1.165) is 11.7 Å². The van der Waals surface area contributed by atoms with Crippen LogP contribution in [0.5, 0.6) is 0 Å². The summed E-state index contributed by atoms with van der Waals surface area (Å²) in [5.74, 6) is 0. The van der Waals surface area contributed by atoms with Crippen molar-refractivity contribution in [3.05, 3.63) is 43.6 Å². The van der Waals surface area contributed by atoms with E-state index >= 15 is 0 Å². The maximum absolute atomic E-state index is 7.50. The van der Waals surface area contributed by atoms with E-state index < -0.39 is 12.5 Å².